The van der Waals surface area contributed by atoms with E-state index in [9.17, 15) is 0 Å². The van der Waals surface area contributed by atoms with Crippen LogP contribution in [0.3, 0.4) is 0 Å². The van der Waals surface area contributed by atoms with Gasteiger partial charge in [-0.3, -0.25) is 4.90 Å². The van der Waals surface area contributed by atoms with E-state index in [1.807, 2.05) is 0 Å². The maximum Gasteiger partial charge on any atom is 0.0480 e. The van der Waals surface area contributed by atoms with Crippen LogP contribution >= 0.6 is 0 Å². The standard InChI is InChI=1S/C12H24N2O/c13-9-11-3-1-6-14(10-11)12-4-2-7-15-8-5-12/h11-12H,1-10,13H2. The van der Waals surface area contributed by atoms with Crippen LogP contribution in [-0.4, -0.2) is 43.8 Å². The number of hydrogen-bond donors (Lipinski definition) is 1. The summed E-state index contributed by atoms with van der Waals surface area (Å²) in [5, 5.41) is 0. The molecule has 2 aliphatic rings. The molecule has 2 saturated heterocycles. The van der Waals surface area contributed by atoms with Gasteiger partial charge in [0.1, 0.15) is 0 Å². The van der Waals surface area contributed by atoms with E-state index in [1.165, 1.54) is 45.2 Å². The van der Waals surface area contributed by atoms with Crippen molar-refractivity contribution < 1.29 is 4.74 Å². The summed E-state index contributed by atoms with van der Waals surface area (Å²) in [7, 11) is 0. The lowest BCUT2D eigenvalue weighted by Crippen LogP contribution is -2.44. The summed E-state index contributed by atoms with van der Waals surface area (Å²) in [4.78, 5) is 2.66. The Morgan fingerprint density at radius 2 is 2.07 bits per heavy atom. The maximum absolute atomic E-state index is 5.77. The molecule has 0 aromatic rings. The van der Waals surface area contributed by atoms with Crippen molar-refractivity contribution in [3.05, 3.63) is 0 Å². The van der Waals surface area contributed by atoms with Gasteiger partial charge in [-0.1, -0.05) is 0 Å². The van der Waals surface area contributed by atoms with Crippen molar-refractivity contribution >= 4 is 0 Å². The fourth-order valence-electron chi connectivity index (χ4n) is 2.87. The van der Waals surface area contributed by atoms with Gasteiger partial charge < -0.3 is 10.5 Å². The largest absolute Gasteiger partial charge is 0.381 e. The minimum atomic E-state index is 0.739. The van der Waals surface area contributed by atoms with Gasteiger partial charge >= 0.3 is 0 Å². The highest BCUT2D eigenvalue weighted by atomic mass is 16.5. The average molecular weight is 212 g/mol. The summed E-state index contributed by atoms with van der Waals surface area (Å²) in [6, 6.07) is 0.766. The second kappa shape index (κ2) is 5.83. The van der Waals surface area contributed by atoms with Crippen LogP contribution in [0.2, 0.25) is 0 Å². The van der Waals surface area contributed by atoms with Crippen LogP contribution in [0.25, 0.3) is 0 Å². The molecular formula is C12H24N2O. The van der Waals surface area contributed by atoms with Crippen LogP contribution in [-0.2, 0) is 4.74 Å². The van der Waals surface area contributed by atoms with Crippen molar-refractivity contribution in [3.8, 4) is 0 Å². The fraction of sp³-hybridized carbons (Fsp3) is 1.00. The third kappa shape index (κ3) is 3.16. The van der Waals surface area contributed by atoms with Gasteiger partial charge in [-0.15, -0.1) is 0 Å². The van der Waals surface area contributed by atoms with Crippen LogP contribution in [0.4, 0.5) is 0 Å². The number of piperidine rings is 1. The first-order valence-electron chi connectivity index (χ1n) is 6.42. The molecule has 2 fully saturated rings. The summed E-state index contributed by atoms with van der Waals surface area (Å²) < 4.78 is 5.52. The smallest absolute Gasteiger partial charge is 0.0480 e. The zero-order valence-electron chi connectivity index (χ0n) is 9.66. The summed E-state index contributed by atoms with van der Waals surface area (Å²) in [6.07, 6.45) is 6.43. The molecule has 3 heteroatoms. The number of rotatable bonds is 2. The quantitative estimate of drug-likeness (QED) is 0.748. The van der Waals surface area contributed by atoms with Gasteiger partial charge in [0.2, 0.25) is 0 Å². The van der Waals surface area contributed by atoms with Gasteiger partial charge in [0.25, 0.3) is 0 Å². The minimum Gasteiger partial charge on any atom is -0.381 e. The van der Waals surface area contributed by atoms with Crippen LogP contribution in [0.5, 0.6) is 0 Å². The van der Waals surface area contributed by atoms with E-state index in [0.29, 0.717) is 0 Å². The molecule has 2 N–H and O–H groups in total. The van der Waals surface area contributed by atoms with E-state index in [-0.39, 0.29) is 0 Å². The van der Waals surface area contributed by atoms with Crippen molar-refractivity contribution in [3.63, 3.8) is 0 Å². The number of ether oxygens (including phenoxy) is 1. The van der Waals surface area contributed by atoms with Gasteiger partial charge in [0, 0.05) is 25.8 Å². The Morgan fingerprint density at radius 1 is 1.13 bits per heavy atom. The number of nitrogens with zero attached hydrogens (tertiary/aromatic N) is 1. The molecule has 2 atom stereocenters. The van der Waals surface area contributed by atoms with Gasteiger partial charge in [-0.05, 0) is 51.1 Å². The first-order valence-corrected chi connectivity index (χ1v) is 6.42. The van der Waals surface area contributed by atoms with Gasteiger partial charge in [-0.25, -0.2) is 0 Å². The normalized spacial score (nSPS) is 35.0. The Balaban J connectivity index is 1.84. The van der Waals surface area contributed by atoms with Crippen molar-refractivity contribution in [2.24, 2.45) is 11.7 Å². The van der Waals surface area contributed by atoms with E-state index in [0.717, 1.165) is 31.7 Å². The van der Waals surface area contributed by atoms with E-state index >= 15 is 0 Å². The molecule has 2 heterocycles. The summed E-state index contributed by atoms with van der Waals surface area (Å²) in [6.45, 7) is 5.28. The molecule has 0 saturated carbocycles. The third-order valence-corrected chi connectivity index (χ3v) is 3.82. The third-order valence-electron chi connectivity index (χ3n) is 3.82. The molecule has 2 aliphatic heterocycles. The van der Waals surface area contributed by atoms with Gasteiger partial charge in [-0.2, -0.15) is 0 Å². The Labute approximate surface area is 93.0 Å². The Bertz CT molecular complexity index is 178. The molecule has 0 aromatic heterocycles. The summed E-state index contributed by atoms with van der Waals surface area (Å²) in [5.41, 5.74) is 5.77. The zero-order valence-corrected chi connectivity index (χ0v) is 9.66. The second-order valence-corrected chi connectivity index (χ2v) is 4.94. The molecule has 2 rings (SSSR count). The Kier molecular flexibility index (Phi) is 4.42. The highest BCUT2D eigenvalue weighted by Gasteiger charge is 2.25. The first-order chi connectivity index (χ1) is 7.40. The van der Waals surface area contributed by atoms with Crippen molar-refractivity contribution in [1.82, 2.24) is 4.90 Å². The molecule has 0 aliphatic carbocycles. The van der Waals surface area contributed by atoms with Crippen molar-refractivity contribution in [2.75, 3.05) is 32.8 Å². The lowest BCUT2D eigenvalue weighted by Gasteiger charge is -2.37. The molecule has 0 spiro atoms. The lowest BCUT2D eigenvalue weighted by atomic mass is 9.95. The van der Waals surface area contributed by atoms with Crippen LogP contribution in [0.15, 0.2) is 0 Å². The Hall–Kier alpha value is -0.120. The Morgan fingerprint density at radius 3 is 2.93 bits per heavy atom. The minimum absolute atomic E-state index is 0.739. The monoisotopic (exact) mass is 212 g/mol. The second-order valence-electron chi connectivity index (χ2n) is 4.94. The van der Waals surface area contributed by atoms with Gasteiger partial charge in [0.15, 0.2) is 0 Å². The van der Waals surface area contributed by atoms with Gasteiger partial charge in [0.05, 0.1) is 0 Å². The predicted molar refractivity (Wildman–Crippen MR) is 61.8 cm³/mol. The first kappa shape index (κ1) is 11.4. The molecule has 0 amide bonds. The lowest BCUT2D eigenvalue weighted by molar-refractivity contribution is 0.102. The zero-order chi connectivity index (χ0) is 10.5. The van der Waals surface area contributed by atoms with Crippen LogP contribution in [0.1, 0.15) is 32.1 Å². The fourth-order valence-corrected chi connectivity index (χ4v) is 2.87. The van der Waals surface area contributed by atoms with Crippen molar-refractivity contribution in [1.29, 1.82) is 0 Å². The van der Waals surface area contributed by atoms with E-state index in [4.69, 9.17) is 10.5 Å². The summed E-state index contributed by atoms with van der Waals surface area (Å²) >= 11 is 0. The molecule has 3 nitrogen and oxygen atoms in total. The molecule has 0 radical (unpaired) electrons. The number of nitrogens with two attached hydrogens (primary N) is 1. The highest BCUT2D eigenvalue weighted by molar-refractivity contribution is 4.80. The van der Waals surface area contributed by atoms with E-state index < -0.39 is 0 Å². The topological polar surface area (TPSA) is 38.5 Å². The average Bonchev–Trinajstić information content (AvgIpc) is 2.58. The summed E-state index contributed by atoms with van der Waals surface area (Å²) in [5.74, 6) is 0.739. The highest BCUT2D eigenvalue weighted by Crippen LogP contribution is 2.22. The van der Waals surface area contributed by atoms with Crippen molar-refractivity contribution in [2.45, 2.75) is 38.1 Å². The molecular weight excluding hydrogens is 188 g/mol. The SMILES string of the molecule is NCC1CCCN(C2CCCOCC2)C1. The maximum atomic E-state index is 5.77. The molecule has 0 bridgehead atoms. The predicted octanol–water partition coefficient (Wildman–Crippen LogP) is 1.23. The van der Waals surface area contributed by atoms with E-state index in [2.05, 4.69) is 4.90 Å². The van der Waals surface area contributed by atoms with Crippen LogP contribution in [0, 0.1) is 5.92 Å². The number of hydrogen-bond acceptors (Lipinski definition) is 3. The molecule has 88 valence electrons. The molecule has 15 heavy (non-hydrogen) atoms. The number of likely N-dealkylation sites (tertiary alicyclic amines) is 1. The molecule has 0 aromatic carbocycles. The van der Waals surface area contributed by atoms with E-state index in [1.54, 1.807) is 0 Å². The molecule has 2 unspecified atom stereocenters. The van der Waals surface area contributed by atoms with Crippen LogP contribution < -0.4 is 5.73 Å².